The topological polar surface area (TPSA) is 45.5 Å². The van der Waals surface area contributed by atoms with E-state index in [9.17, 15) is 4.79 Å². The second-order valence-electron chi connectivity index (χ2n) is 5.09. The van der Waals surface area contributed by atoms with Gasteiger partial charge in [-0.15, -0.1) is 11.3 Å². The number of nitrogens with one attached hydrogen (secondary N) is 1. The zero-order valence-electron chi connectivity index (χ0n) is 11.5. The average molecular weight is 325 g/mol. The van der Waals surface area contributed by atoms with Gasteiger partial charge in [-0.05, 0) is 50.2 Å². The van der Waals surface area contributed by atoms with Crippen LogP contribution in [0.3, 0.4) is 0 Å². The summed E-state index contributed by atoms with van der Waals surface area (Å²) in [5.41, 5.74) is 0. The Morgan fingerprint density at radius 2 is 2.19 bits per heavy atom. The van der Waals surface area contributed by atoms with Gasteiger partial charge in [0.05, 0.1) is 21.5 Å². The van der Waals surface area contributed by atoms with Gasteiger partial charge in [-0.25, -0.2) is 0 Å². The number of amides is 1. The highest BCUT2D eigenvalue weighted by Crippen LogP contribution is 2.25. The summed E-state index contributed by atoms with van der Waals surface area (Å²) in [6.07, 6.45) is 4.08. The molecule has 0 aliphatic carbocycles. The van der Waals surface area contributed by atoms with E-state index in [1.54, 1.807) is 18.4 Å². The molecule has 2 aromatic rings. The Balaban J connectivity index is 1.66. The van der Waals surface area contributed by atoms with Crippen molar-refractivity contribution < 1.29 is 9.21 Å². The Labute approximate surface area is 132 Å². The summed E-state index contributed by atoms with van der Waals surface area (Å²) < 4.78 is 6.17. The van der Waals surface area contributed by atoms with Gasteiger partial charge in [-0.3, -0.25) is 9.69 Å². The standard InChI is InChI=1S/C15H17ClN2O2S/c16-14-6-5-13(21-14)15(19)17-10-11(12-4-3-9-20-12)18-7-1-2-8-18/h3-6,9,11H,1-2,7-8,10H2,(H,17,19). The molecule has 0 bridgehead atoms. The molecular formula is C15H17ClN2O2S. The van der Waals surface area contributed by atoms with Crippen molar-refractivity contribution in [3.05, 3.63) is 45.5 Å². The van der Waals surface area contributed by atoms with Crippen LogP contribution >= 0.6 is 22.9 Å². The number of furan rings is 1. The summed E-state index contributed by atoms with van der Waals surface area (Å²) in [7, 11) is 0. The van der Waals surface area contributed by atoms with Crippen LogP contribution in [-0.4, -0.2) is 30.4 Å². The van der Waals surface area contributed by atoms with E-state index in [2.05, 4.69) is 10.2 Å². The van der Waals surface area contributed by atoms with Crippen LogP contribution in [0, 0.1) is 0 Å². The summed E-state index contributed by atoms with van der Waals surface area (Å²) in [4.78, 5) is 15.1. The maximum Gasteiger partial charge on any atom is 0.261 e. The van der Waals surface area contributed by atoms with E-state index in [4.69, 9.17) is 16.0 Å². The Bertz CT molecular complexity index is 591. The first-order valence-electron chi connectivity index (χ1n) is 7.05. The minimum atomic E-state index is -0.0809. The Hall–Kier alpha value is -1.30. The second-order valence-corrected chi connectivity index (χ2v) is 6.80. The zero-order chi connectivity index (χ0) is 14.7. The van der Waals surface area contributed by atoms with Crippen molar-refractivity contribution in [2.75, 3.05) is 19.6 Å². The molecule has 3 rings (SSSR count). The molecule has 0 spiro atoms. The summed E-state index contributed by atoms with van der Waals surface area (Å²) in [5.74, 6) is 0.823. The molecule has 1 N–H and O–H groups in total. The average Bonchev–Trinajstić information content (AvgIpc) is 3.21. The number of hydrogen-bond donors (Lipinski definition) is 1. The van der Waals surface area contributed by atoms with E-state index in [0.717, 1.165) is 18.8 Å². The number of hydrogen-bond acceptors (Lipinski definition) is 4. The minimum Gasteiger partial charge on any atom is -0.468 e. The van der Waals surface area contributed by atoms with Crippen LogP contribution in [0.5, 0.6) is 0 Å². The highest BCUT2D eigenvalue weighted by molar-refractivity contribution is 7.17. The van der Waals surface area contributed by atoms with Gasteiger partial charge in [0.25, 0.3) is 5.91 Å². The van der Waals surface area contributed by atoms with Gasteiger partial charge in [0.1, 0.15) is 5.76 Å². The lowest BCUT2D eigenvalue weighted by atomic mass is 10.2. The number of nitrogens with zero attached hydrogens (tertiary/aromatic N) is 1. The van der Waals surface area contributed by atoms with Crippen molar-refractivity contribution in [2.24, 2.45) is 0 Å². The van der Waals surface area contributed by atoms with Crippen molar-refractivity contribution >= 4 is 28.8 Å². The van der Waals surface area contributed by atoms with Crippen LogP contribution < -0.4 is 5.32 Å². The van der Waals surface area contributed by atoms with Crippen molar-refractivity contribution in [1.29, 1.82) is 0 Å². The maximum atomic E-state index is 12.1. The van der Waals surface area contributed by atoms with Gasteiger partial charge in [-0.1, -0.05) is 11.6 Å². The summed E-state index contributed by atoms with van der Waals surface area (Å²) in [5, 5.41) is 2.99. The first-order valence-corrected chi connectivity index (χ1v) is 8.24. The van der Waals surface area contributed by atoms with Crippen molar-refractivity contribution in [1.82, 2.24) is 10.2 Å². The van der Waals surface area contributed by atoms with Crippen molar-refractivity contribution in [2.45, 2.75) is 18.9 Å². The number of carbonyl (C=O) groups is 1. The third kappa shape index (κ3) is 3.48. The number of thiophene rings is 1. The van der Waals surface area contributed by atoms with E-state index in [1.807, 2.05) is 12.1 Å². The van der Waals surface area contributed by atoms with Gasteiger partial charge < -0.3 is 9.73 Å². The molecule has 1 atom stereocenters. The van der Waals surface area contributed by atoms with Crippen LogP contribution in [0.2, 0.25) is 4.34 Å². The van der Waals surface area contributed by atoms with Crippen LogP contribution in [0.1, 0.15) is 34.3 Å². The monoisotopic (exact) mass is 324 g/mol. The molecule has 3 heterocycles. The molecule has 1 aliphatic heterocycles. The fourth-order valence-corrected chi connectivity index (χ4v) is 3.62. The molecule has 1 amide bonds. The quantitative estimate of drug-likeness (QED) is 0.914. The summed E-state index contributed by atoms with van der Waals surface area (Å²) in [6, 6.07) is 7.45. The molecule has 0 saturated carbocycles. The molecule has 21 heavy (non-hydrogen) atoms. The lowest BCUT2D eigenvalue weighted by Gasteiger charge is -2.25. The normalized spacial score (nSPS) is 17.0. The Morgan fingerprint density at radius 1 is 1.38 bits per heavy atom. The molecule has 2 aromatic heterocycles. The van der Waals surface area contributed by atoms with Gasteiger partial charge in [0.15, 0.2) is 0 Å². The SMILES string of the molecule is O=C(NCC(c1ccco1)N1CCCC1)c1ccc(Cl)s1. The van der Waals surface area contributed by atoms with Gasteiger partial charge in [-0.2, -0.15) is 0 Å². The van der Waals surface area contributed by atoms with E-state index in [0.29, 0.717) is 15.8 Å². The fourth-order valence-electron chi connectivity index (χ4n) is 2.66. The highest BCUT2D eigenvalue weighted by Gasteiger charge is 2.26. The number of carbonyl (C=O) groups excluding carboxylic acids is 1. The second kappa shape index (κ2) is 6.64. The molecule has 4 nitrogen and oxygen atoms in total. The molecule has 1 aliphatic rings. The Kier molecular flexibility index (Phi) is 4.63. The zero-order valence-corrected chi connectivity index (χ0v) is 13.1. The highest BCUT2D eigenvalue weighted by atomic mass is 35.5. The number of rotatable bonds is 5. The van der Waals surface area contributed by atoms with E-state index in [1.165, 1.54) is 24.2 Å². The lowest BCUT2D eigenvalue weighted by Crippen LogP contribution is -2.36. The predicted molar refractivity (Wildman–Crippen MR) is 83.9 cm³/mol. The largest absolute Gasteiger partial charge is 0.468 e. The fraction of sp³-hybridized carbons (Fsp3) is 0.400. The third-order valence-corrected chi connectivity index (χ3v) is 4.94. The number of likely N-dealkylation sites (tertiary alicyclic amines) is 1. The molecule has 1 unspecified atom stereocenters. The van der Waals surface area contributed by atoms with E-state index < -0.39 is 0 Å². The van der Waals surface area contributed by atoms with Gasteiger partial charge in [0.2, 0.25) is 0 Å². The molecule has 1 saturated heterocycles. The molecular weight excluding hydrogens is 308 g/mol. The van der Waals surface area contributed by atoms with E-state index >= 15 is 0 Å². The summed E-state index contributed by atoms with van der Waals surface area (Å²) >= 11 is 7.16. The molecule has 6 heteroatoms. The molecule has 1 fully saturated rings. The first kappa shape index (κ1) is 14.6. The Morgan fingerprint density at radius 3 is 2.81 bits per heavy atom. The third-order valence-electron chi connectivity index (χ3n) is 3.71. The lowest BCUT2D eigenvalue weighted by molar-refractivity contribution is 0.0938. The summed E-state index contributed by atoms with van der Waals surface area (Å²) in [6.45, 7) is 2.64. The van der Waals surface area contributed by atoms with Crippen LogP contribution in [0.25, 0.3) is 0 Å². The predicted octanol–water partition coefficient (Wildman–Crippen LogP) is 3.56. The molecule has 0 aromatic carbocycles. The maximum absolute atomic E-state index is 12.1. The molecule has 112 valence electrons. The van der Waals surface area contributed by atoms with E-state index in [-0.39, 0.29) is 11.9 Å². The first-order chi connectivity index (χ1) is 10.2. The van der Waals surface area contributed by atoms with Crippen molar-refractivity contribution in [3.8, 4) is 0 Å². The smallest absolute Gasteiger partial charge is 0.261 e. The van der Waals surface area contributed by atoms with Crippen LogP contribution in [-0.2, 0) is 0 Å². The van der Waals surface area contributed by atoms with Gasteiger partial charge in [0, 0.05) is 6.54 Å². The van der Waals surface area contributed by atoms with Crippen LogP contribution in [0.4, 0.5) is 0 Å². The minimum absolute atomic E-state index is 0.0809. The molecule has 0 radical (unpaired) electrons. The van der Waals surface area contributed by atoms with Crippen LogP contribution in [0.15, 0.2) is 34.9 Å². The number of halogens is 1. The van der Waals surface area contributed by atoms with Crippen molar-refractivity contribution in [3.63, 3.8) is 0 Å². The van der Waals surface area contributed by atoms with Gasteiger partial charge >= 0.3 is 0 Å².